The van der Waals surface area contributed by atoms with Gasteiger partial charge in [-0.3, -0.25) is 0 Å². The van der Waals surface area contributed by atoms with Crippen molar-refractivity contribution in [2.24, 2.45) is 5.92 Å². The third kappa shape index (κ3) is 2.29. The second kappa shape index (κ2) is 4.44. The SMILES string of the molecule is Ic1cnc(NC2CCOC2C2CC2)nc1. The molecule has 3 rings (SSSR count). The molecule has 16 heavy (non-hydrogen) atoms. The van der Waals surface area contributed by atoms with Gasteiger partial charge in [-0.2, -0.15) is 0 Å². The fourth-order valence-electron chi connectivity index (χ4n) is 2.21. The van der Waals surface area contributed by atoms with Crippen LogP contribution in [0.25, 0.3) is 0 Å². The van der Waals surface area contributed by atoms with E-state index in [0.29, 0.717) is 12.1 Å². The van der Waals surface area contributed by atoms with Gasteiger partial charge in [0.15, 0.2) is 0 Å². The van der Waals surface area contributed by atoms with Crippen LogP contribution in [0.5, 0.6) is 0 Å². The first-order valence-electron chi connectivity index (χ1n) is 5.68. The molecule has 2 aliphatic rings. The number of ether oxygens (including phenoxy) is 1. The van der Waals surface area contributed by atoms with Crippen molar-refractivity contribution >= 4 is 28.5 Å². The van der Waals surface area contributed by atoms with Crippen molar-refractivity contribution in [3.8, 4) is 0 Å². The van der Waals surface area contributed by atoms with Crippen molar-refractivity contribution in [3.63, 3.8) is 0 Å². The maximum atomic E-state index is 5.77. The maximum absolute atomic E-state index is 5.77. The number of rotatable bonds is 3. The smallest absolute Gasteiger partial charge is 0.222 e. The summed E-state index contributed by atoms with van der Waals surface area (Å²) in [5.74, 6) is 1.49. The molecule has 1 aliphatic heterocycles. The molecule has 0 amide bonds. The molecule has 2 atom stereocenters. The molecule has 0 radical (unpaired) electrons. The van der Waals surface area contributed by atoms with Crippen LogP contribution in [-0.4, -0.2) is 28.7 Å². The number of hydrogen-bond donors (Lipinski definition) is 1. The fourth-order valence-corrected chi connectivity index (χ4v) is 2.49. The number of hydrogen-bond acceptors (Lipinski definition) is 4. The number of nitrogens with one attached hydrogen (secondary N) is 1. The largest absolute Gasteiger partial charge is 0.376 e. The van der Waals surface area contributed by atoms with Crippen molar-refractivity contribution in [2.45, 2.75) is 31.4 Å². The Morgan fingerprint density at radius 3 is 2.69 bits per heavy atom. The molecule has 1 saturated heterocycles. The third-order valence-electron chi connectivity index (χ3n) is 3.16. The van der Waals surface area contributed by atoms with Crippen molar-refractivity contribution in [1.29, 1.82) is 0 Å². The molecular formula is C11H14IN3O. The first-order chi connectivity index (χ1) is 7.83. The van der Waals surface area contributed by atoms with Crippen LogP contribution in [0.15, 0.2) is 12.4 Å². The van der Waals surface area contributed by atoms with Gasteiger partial charge in [0.05, 0.1) is 12.1 Å². The van der Waals surface area contributed by atoms with E-state index in [4.69, 9.17) is 4.74 Å². The summed E-state index contributed by atoms with van der Waals surface area (Å²) < 4.78 is 6.83. The number of aromatic nitrogens is 2. The lowest BCUT2D eigenvalue weighted by Gasteiger charge is -2.19. The highest BCUT2D eigenvalue weighted by molar-refractivity contribution is 14.1. The summed E-state index contributed by atoms with van der Waals surface area (Å²) in [5, 5.41) is 3.39. The van der Waals surface area contributed by atoms with E-state index in [1.165, 1.54) is 12.8 Å². The van der Waals surface area contributed by atoms with Crippen molar-refractivity contribution in [1.82, 2.24) is 9.97 Å². The average Bonchev–Trinajstić information content (AvgIpc) is 3.03. The van der Waals surface area contributed by atoms with E-state index in [1.54, 1.807) is 0 Å². The summed E-state index contributed by atoms with van der Waals surface area (Å²) in [6, 6.07) is 0.396. The lowest BCUT2D eigenvalue weighted by molar-refractivity contribution is 0.0897. The van der Waals surface area contributed by atoms with Crippen LogP contribution in [0.1, 0.15) is 19.3 Å². The van der Waals surface area contributed by atoms with E-state index in [0.717, 1.165) is 28.5 Å². The van der Waals surface area contributed by atoms with Crippen molar-refractivity contribution < 1.29 is 4.74 Å². The zero-order valence-electron chi connectivity index (χ0n) is 8.90. The van der Waals surface area contributed by atoms with Crippen LogP contribution in [0.3, 0.4) is 0 Å². The summed E-state index contributed by atoms with van der Waals surface area (Å²) in [4.78, 5) is 8.54. The summed E-state index contributed by atoms with van der Waals surface area (Å²) in [5.41, 5.74) is 0. The minimum Gasteiger partial charge on any atom is -0.376 e. The highest BCUT2D eigenvalue weighted by atomic mass is 127. The Morgan fingerprint density at radius 2 is 2.00 bits per heavy atom. The summed E-state index contributed by atoms with van der Waals surface area (Å²) in [6.45, 7) is 0.864. The maximum Gasteiger partial charge on any atom is 0.222 e. The van der Waals surface area contributed by atoms with Gasteiger partial charge >= 0.3 is 0 Å². The molecule has 1 aromatic rings. The molecule has 2 fully saturated rings. The first kappa shape index (κ1) is 10.7. The zero-order chi connectivity index (χ0) is 11.0. The first-order valence-corrected chi connectivity index (χ1v) is 6.76. The Morgan fingerprint density at radius 1 is 1.25 bits per heavy atom. The van der Waals surface area contributed by atoms with Gasteiger partial charge in [-0.1, -0.05) is 0 Å². The van der Waals surface area contributed by atoms with Crippen LogP contribution >= 0.6 is 22.6 Å². The van der Waals surface area contributed by atoms with Crippen LogP contribution in [0, 0.1) is 9.49 Å². The minimum absolute atomic E-state index is 0.378. The van der Waals surface area contributed by atoms with E-state index in [9.17, 15) is 0 Å². The second-order valence-electron chi connectivity index (χ2n) is 4.44. The average molecular weight is 331 g/mol. The molecular weight excluding hydrogens is 317 g/mol. The molecule has 1 aliphatic carbocycles. The monoisotopic (exact) mass is 331 g/mol. The fraction of sp³-hybridized carbons (Fsp3) is 0.636. The Kier molecular flexibility index (Phi) is 2.97. The zero-order valence-corrected chi connectivity index (χ0v) is 11.1. The van der Waals surface area contributed by atoms with E-state index >= 15 is 0 Å². The van der Waals surface area contributed by atoms with Gasteiger partial charge in [0.1, 0.15) is 0 Å². The second-order valence-corrected chi connectivity index (χ2v) is 5.68. The molecule has 1 saturated carbocycles. The molecule has 1 aromatic heterocycles. The van der Waals surface area contributed by atoms with Gasteiger partial charge < -0.3 is 10.1 Å². The highest BCUT2D eigenvalue weighted by Crippen LogP contribution is 2.39. The van der Waals surface area contributed by atoms with Crippen LogP contribution in [0.2, 0.25) is 0 Å². The highest BCUT2D eigenvalue weighted by Gasteiger charge is 2.40. The van der Waals surface area contributed by atoms with Crippen LogP contribution in [0.4, 0.5) is 5.95 Å². The predicted octanol–water partition coefficient (Wildman–Crippen LogP) is 2.06. The van der Waals surface area contributed by atoms with E-state index in [2.05, 4.69) is 37.9 Å². The van der Waals surface area contributed by atoms with Gasteiger partial charge in [-0.25, -0.2) is 9.97 Å². The van der Waals surface area contributed by atoms with Crippen molar-refractivity contribution in [3.05, 3.63) is 16.0 Å². The summed E-state index contributed by atoms with van der Waals surface area (Å²) in [7, 11) is 0. The van der Waals surface area contributed by atoms with Gasteiger partial charge in [-0.05, 0) is 47.8 Å². The quantitative estimate of drug-likeness (QED) is 0.862. The van der Waals surface area contributed by atoms with Gasteiger partial charge in [0.25, 0.3) is 0 Å². The summed E-state index contributed by atoms with van der Waals surface area (Å²) in [6.07, 6.45) is 7.74. The minimum atomic E-state index is 0.378. The standard InChI is InChI=1S/C11H14IN3O/c12-8-5-13-11(14-6-8)15-9-3-4-16-10(9)7-1-2-7/h5-7,9-10H,1-4H2,(H,13,14,15). The summed E-state index contributed by atoms with van der Waals surface area (Å²) >= 11 is 2.21. The molecule has 0 bridgehead atoms. The van der Waals surface area contributed by atoms with Crippen LogP contribution < -0.4 is 5.32 Å². The number of anilines is 1. The molecule has 0 aromatic carbocycles. The molecule has 1 N–H and O–H groups in total. The molecule has 5 heteroatoms. The van der Waals surface area contributed by atoms with Gasteiger partial charge in [0.2, 0.25) is 5.95 Å². The Balaban J connectivity index is 1.66. The Hall–Kier alpha value is -0.430. The predicted molar refractivity (Wildman–Crippen MR) is 69.2 cm³/mol. The normalized spacial score (nSPS) is 29.3. The Bertz CT molecular complexity index is 366. The third-order valence-corrected chi connectivity index (χ3v) is 3.71. The molecule has 2 heterocycles. The molecule has 2 unspecified atom stereocenters. The molecule has 4 nitrogen and oxygen atoms in total. The number of nitrogens with zero attached hydrogens (tertiary/aromatic N) is 2. The topological polar surface area (TPSA) is 47.0 Å². The van der Waals surface area contributed by atoms with E-state index in [-0.39, 0.29) is 0 Å². The molecule has 86 valence electrons. The lowest BCUT2D eigenvalue weighted by Crippen LogP contribution is -2.31. The van der Waals surface area contributed by atoms with Crippen LogP contribution in [-0.2, 0) is 4.74 Å². The molecule has 0 spiro atoms. The van der Waals surface area contributed by atoms with Gasteiger partial charge in [-0.15, -0.1) is 0 Å². The van der Waals surface area contributed by atoms with E-state index < -0.39 is 0 Å². The number of halogens is 1. The van der Waals surface area contributed by atoms with E-state index in [1.807, 2.05) is 12.4 Å². The Labute approximate surface area is 108 Å². The van der Waals surface area contributed by atoms with Crippen molar-refractivity contribution in [2.75, 3.05) is 11.9 Å². The van der Waals surface area contributed by atoms with Gasteiger partial charge in [0, 0.05) is 22.6 Å². The lowest BCUT2D eigenvalue weighted by atomic mass is 10.1.